The maximum atomic E-state index is 12.5. The molecule has 0 spiro atoms. The first-order valence-electron chi connectivity index (χ1n) is 7.54. The van der Waals surface area contributed by atoms with E-state index in [4.69, 9.17) is 11.6 Å². The van der Waals surface area contributed by atoms with Gasteiger partial charge >= 0.3 is 0 Å². The van der Waals surface area contributed by atoms with Crippen molar-refractivity contribution in [2.45, 2.75) is 38.3 Å². The molecule has 0 N–H and O–H groups in total. The zero-order valence-corrected chi connectivity index (χ0v) is 14.3. The van der Waals surface area contributed by atoms with Gasteiger partial charge in [-0.15, -0.1) is 11.6 Å². The fraction of sp³-hybridized carbons (Fsp3) is 0.625. The average molecular weight is 330 g/mol. The third-order valence-corrected chi connectivity index (χ3v) is 6.49. The summed E-state index contributed by atoms with van der Waals surface area (Å²) in [6.07, 6.45) is 1.94. The van der Waals surface area contributed by atoms with Crippen molar-refractivity contribution in [2.75, 3.05) is 13.1 Å². The highest BCUT2D eigenvalue weighted by atomic mass is 35.5. The number of hydrogen-bond acceptors (Lipinski definition) is 2. The third-order valence-electron chi connectivity index (χ3n) is 4.33. The van der Waals surface area contributed by atoms with Crippen LogP contribution in [0.1, 0.15) is 37.8 Å². The van der Waals surface area contributed by atoms with E-state index in [1.165, 1.54) is 0 Å². The Balaban J connectivity index is 2.02. The maximum absolute atomic E-state index is 12.5. The summed E-state index contributed by atoms with van der Waals surface area (Å²) in [5, 5.41) is 0. The third kappa shape index (κ3) is 4.44. The molecular weight excluding hydrogens is 306 g/mol. The van der Waals surface area contributed by atoms with Crippen molar-refractivity contribution < 1.29 is 8.42 Å². The van der Waals surface area contributed by atoms with E-state index in [2.05, 4.69) is 13.8 Å². The highest BCUT2D eigenvalue weighted by Crippen LogP contribution is 2.26. The molecule has 0 aliphatic carbocycles. The lowest BCUT2D eigenvalue weighted by atomic mass is 9.87. The SMILES string of the molecule is CC(C)C1CCN(S(=O)(=O)Cc2cccc(CCl)c2)CC1. The van der Waals surface area contributed by atoms with Gasteiger partial charge in [0, 0.05) is 19.0 Å². The van der Waals surface area contributed by atoms with Gasteiger partial charge in [-0.05, 0) is 35.8 Å². The summed E-state index contributed by atoms with van der Waals surface area (Å²) in [6, 6.07) is 7.52. The molecule has 0 aromatic heterocycles. The molecule has 0 unspecified atom stereocenters. The van der Waals surface area contributed by atoms with Crippen molar-refractivity contribution in [3.8, 4) is 0 Å². The molecule has 0 radical (unpaired) electrons. The molecule has 1 aliphatic rings. The Morgan fingerprint density at radius 1 is 1.24 bits per heavy atom. The molecular formula is C16H24ClNO2S. The van der Waals surface area contributed by atoms with Gasteiger partial charge in [-0.2, -0.15) is 0 Å². The molecule has 118 valence electrons. The molecule has 3 nitrogen and oxygen atoms in total. The van der Waals surface area contributed by atoms with Gasteiger partial charge in [0.15, 0.2) is 0 Å². The normalized spacial score (nSPS) is 18.3. The molecule has 0 saturated carbocycles. The predicted octanol–water partition coefficient (Wildman–Crippen LogP) is 3.62. The highest BCUT2D eigenvalue weighted by Gasteiger charge is 2.29. The summed E-state index contributed by atoms with van der Waals surface area (Å²) < 4.78 is 26.7. The predicted molar refractivity (Wildman–Crippen MR) is 87.8 cm³/mol. The summed E-state index contributed by atoms with van der Waals surface area (Å²) in [5.74, 6) is 1.77. The van der Waals surface area contributed by atoms with Gasteiger partial charge < -0.3 is 0 Å². The zero-order valence-electron chi connectivity index (χ0n) is 12.8. The lowest BCUT2D eigenvalue weighted by Gasteiger charge is -2.33. The Bertz CT molecular complexity index is 563. The van der Waals surface area contributed by atoms with Crippen LogP contribution in [0.5, 0.6) is 0 Å². The maximum Gasteiger partial charge on any atom is 0.218 e. The Morgan fingerprint density at radius 2 is 1.86 bits per heavy atom. The Kier molecular flexibility index (Phi) is 5.69. The first-order chi connectivity index (χ1) is 9.92. The fourth-order valence-corrected chi connectivity index (χ4v) is 4.64. The molecule has 1 aromatic rings. The number of halogens is 1. The summed E-state index contributed by atoms with van der Waals surface area (Å²) >= 11 is 5.80. The van der Waals surface area contributed by atoms with Crippen molar-refractivity contribution >= 4 is 21.6 Å². The van der Waals surface area contributed by atoms with Gasteiger partial charge in [0.05, 0.1) is 5.75 Å². The lowest BCUT2D eigenvalue weighted by Crippen LogP contribution is -2.40. The monoisotopic (exact) mass is 329 g/mol. The Labute approximate surface area is 133 Å². The van der Waals surface area contributed by atoms with E-state index in [9.17, 15) is 8.42 Å². The number of sulfonamides is 1. The Hall–Kier alpha value is -0.580. The van der Waals surface area contributed by atoms with E-state index in [-0.39, 0.29) is 5.75 Å². The first-order valence-corrected chi connectivity index (χ1v) is 9.68. The topological polar surface area (TPSA) is 37.4 Å². The van der Waals surface area contributed by atoms with Crippen LogP contribution in [0, 0.1) is 11.8 Å². The number of nitrogens with zero attached hydrogens (tertiary/aromatic N) is 1. The number of rotatable bonds is 5. The number of benzene rings is 1. The first kappa shape index (κ1) is 16.8. The minimum Gasteiger partial charge on any atom is -0.212 e. The van der Waals surface area contributed by atoms with Crippen LogP contribution in [0.4, 0.5) is 0 Å². The van der Waals surface area contributed by atoms with Crippen LogP contribution in [0.2, 0.25) is 0 Å². The Morgan fingerprint density at radius 3 is 2.43 bits per heavy atom. The van der Waals surface area contributed by atoms with E-state index in [0.29, 0.717) is 30.8 Å². The summed E-state index contributed by atoms with van der Waals surface area (Å²) in [4.78, 5) is 0. The fourth-order valence-electron chi connectivity index (χ4n) is 2.93. The zero-order chi connectivity index (χ0) is 15.5. The summed E-state index contributed by atoms with van der Waals surface area (Å²) in [5.41, 5.74) is 1.78. The minimum atomic E-state index is -3.22. The van der Waals surface area contributed by atoms with Crippen molar-refractivity contribution in [3.05, 3.63) is 35.4 Å². The summed E-state index contributed by atoms with van der Waals surface area (Å²) in [6.45, 7) is 5.74. The molecule has 1 fully saturated rings. The molecule has 0 bridgehead atoms. The lowest BCUT2D eigenvalue weighted by molar-refractivity contribution is 0.226. The van der Waals surface area contributed by atoms with Crippen LogP contribution in [0.15, 0.2) is 24.3 Å². The van der Waals surface area contributed by atoms with Crippen LogP contribution < -0.4 is 0 Å². The molecule has 2 rings (SSSR count). The smallest absolute Gasteiger partial charge is 0.212 e. The van der Waals surface area contributed by atoms with Crippen molar-refractivity contribution in [1.82, 2.24) is 4.31 Å². The van der Waals surface area contributed by atoms with Crippen molar-refractivity contribution in [3.63, 3.8) is 0 Å². The number of hydrogen-bond donors (Lipinski definition) is 0. The molecule has 0 amide bonds. The van der Waals surface area contributed by atoms with Crippen LogP contribution >= 0.6 is 11.6 Å². The van der Waals surface area contributed by atoms with Crippen molar-refractivity contribution in [1.29, 1.82) is 0 Å². The van der Waals surface area contributed by atoms with Crippen LogP contribution in [-0.2, 0) is 21.7 Å². The molecule has 1 aromatic carbocycles. The van der Waals surface area contributed by atoms with Gasteiger partial charge in [-0.1, -0.05) is 38.1 Å². The van der Waals surface area contributed by atoms with E-state index in [0.717, 1.165) is 24.0 Å². The second kappa shape index (κ2) is 7.12. The van der Waals surface area contributed by atoms with Gasteiger partial charge in [0.25, 0.3) is 0 Å². The highest BCUT2D eigenvalue weighted by molar-refractivity contribution is 7.88. The standard InChI is InChI=1S/C16H24ClNO2S/c1-13(2)16-6-8-18(9-7-16)21(19,20)12-15-5-3-4-14(10-15)11-17/h3-5,10,13,16H,6-9,11-12H2,1-2H3. The molecule has 21 heavy (non-hydrogen) atoms. The molecule has 1 aliphatic heterocycles. The number of alkyl halides is 1. The van der Waals surface area contributed by atoms with Crippen LogP contribution in [0.3, 0.4) is 0 Å². The van der Waals surface area contributed by atoms with Gasteiger partial charge in [-0.25, -0.2) is 12.7 Å². The summed E-state index contributed by atoms with van der Waals surface area (Å²) in [7, 11) is -3.22. The van der Waals surface area contributed by atoms with Crippen LogP contribution in [0.25, 0.3) is 0 Å². The van der Waals surface area contributed by atoms with Gasteiger partial charge in [0.1, 0.15) is 0 Å². The van der Waals surface area contributed by atoms with Crippen molar-refractivity contribution in [2.24, 2.45) is 11.8 Å². The average Bonchev–Trinajstić information content (AvgIpc) is 2.47. The molecule has 1 saturated heterocycles. The molecule has 5 heteroatoms. The second-order valence-corrected chi connectivity index (χ2v) is 8.43. The van der Waals surface area contributed by atoms with E-state index >= 15 is 0 Å². The quantitative estimate of drug-likeness (QED) is 0.774. The second-order valence-electron chi connectivity index (χ2n) is 6.19. The molecule has 0 atom stereocenters. The van der Waals surface area contributed by atoms with Gasteiger partial charge in [0.2, 0.25) is 10.0 Å². The van der Waals surface area contributed by atoms with E-state index in [1.807, 2.05) is 24.3 Å². The van der Waals surface area contributed by atoms with Gasteiger partial charge in [-0.3, -0.25) is 0 Å². The number of piperidine rings is 1. The largest absolute Gasteiger partial charge is 0.218 e. The minimum absolute atomic E-state index is 0.0735. The van der Waals surface area contributed by atoms with E-state index < -0.39 is 10.0 Å². The van der Waals surface area contributed by atoms with E-state index in [1.54, 1.807) is 4.31 Å². The molecule has 1 heterocycles. The van der Waals surface area contributed by atoms with Crippen LogP contribution in [-0.4, -0.2) is 25.8 Å².